The van der Waals surface area contributed by atoms with Crippen LogP contribution in [0, 0.1) is 0 Å². The van der Waals surface area contributed by atoms with E-state index < -0.39 is 17.9 Å². The second-order valence-electron chi connectivity index (χ2n) is 4.84. The lowest BCUT2D eigenvalue weighted by atomic mass is 10.1. The lowest BCUT2D eigenvalue weighted by Gasteiger charge is -2.28. The molecule has 1 aliphatic rings. The molecule has 2 atom stereocenters. The van der Waals surface area contributed by atoms with Crippen molar-refractivity contribution in [3.63, 3.8) is 0 Å². The van der Waals surface area contributed by atoms with Crippen LogP contribution in [0.4, 0.5) is 4.79 Å². The maximum absolute atomic E-state index is 11.4. The zero-order valence-corrected chi connectivity index (χ0v) is 9.54. The van der Waals surface area contributed by atoms with Gasteiger partial charge in [0.25, 0.3) is 0 Å². The Bertz CT molecular complexity index is 217. The molecule has 1 aliphatic heterocycles. The highest BCUT2D eigenvalue weighted by molar-refractivity contribution is 5.68. The van der Waals surface area contributed by atoms with E-state index in [4.69, 9.17) is 4.74 Å². The molecule has 0 aromatic carbocycles. The number of rotatable bonds is 1. The lowest BCUT2D eigenvalue weighted by Crippen LogP contribution is -2.50. The van der Waals surface area contributed by atoms with Crippen molar-refractivity contribution >= 4 is 6.09 Å². The molecule has 1 amide bonds. The third-order valence-corrected chi connectivity index (χ3v) is 2.11. The standard InChI is InChI=1S/C10H20N2O3/c1-10(2,3)15-9(14)12-7-4-5-8(13)11-6-7/h7-8,11,13H,4-6H2,1-3H3,(H,12,14)/t7-,8-/m0/s1. The van der Waals surface area contributed by atoms with Crippen LogP contribution in [0.2, 0.25) is 0 Å². The summed E-state index contributed by atoms with van der Waals surface area (Å²) in [7, 11) is 0. The molecule has 0 unspecified atom stereocenters. The van der Waals surface area contributed by atoms with E-state index in [1.807, 2.05) is 20.8 Å². The molecule has 1 saturated heterocycles. The Balaban J connectivity index is 2.27. The Hall–Kier alpha value is -0.810. The monoisotopic (exact) mass is 216 g/mol. The average Bonchev–Trinajstić information content (AvgIpc) is 2.05. The van der Waals surface area contributed by atoms with Crippen LogP contribution in [0.15, 0.2) is 0 Å². The molecule has 0 aromatic rings. The summed E-state index contributed by atoms with van der Waals surface area (Å²) >= 11 is 0. The normalized spacial score (nSPS) is 27.2. The van der Waals surface area contributed by atoms with Gasteiger partial charge in [-0.1, -0.05) is 0 Å². The third-order valence-electron chi connectivity index (χ3n) is 2.11. The molecule has 1 heterocycles. The van der Waals surface area contributed by atoms with Gasteiger partial charge in [-0.3, -0.25) is 5.32 Å². The van der Waals surface area contributed by atoms with Crippen molar-refractivity contribution in [3.8, 4) is 0 Å². The second-order valence-corrected chi connectivity index (χ2v) is 4.84. The highest BCUT2D eigenvalue weighted by atomic mass is 16.6. The molecule has 15 heavy (non-hydrogen) atoms. The van der Waals surface area contributed by atoms with Gasteiger partial charge in [0.1, 0.15) is 11.8 Å². The van der Waals surface area contributed by atoms with Gasteiger partial charge in [-0.05, 0) is 33.6 Å². The third kappa shape index (κ3) is 4.99. The molecule has 0 aliphatic carbocycles. The van der Waals surface area contributed by atoms with E-state index in [0.717, 1.165) is 6.42 Å². The minimum absolute atomic E-state index is 0.0447. The fourth-order valence-corrected chi connectivity index (χ4v) is 1.44. The number of ether oxygens (including phenoxy) is 1. The minimum atomic E-state index is -0.467. The number of hydrogen-bond donors (Lipinski definition) is 3. The van der Waals surface area contributed by atoms with Crippen LogP contribution < -0.4 is 10.6 Å². The van der Waals surface area contributed by atoms with Gasteiger partial charge >= 0.3 is 6.09 Å². The number of carbonyl (C=O) groups excluding carboxylic acids is 1. The van der Waals surface area contributed by atoms with Gasteiger partial charge in [-0.2, -0.15) is 0 Å². The first-order valence-electron chi connectivity index (χ1n) is 5.28. The van der Waals surface area contributed by atoms with Gasteiger partial charge in [-0.15, -0.1) is 0 Å². The minimum Gasteiger partial charge on any atom is -0.444 e. The SMILES string of the molecule is CC(C)(C)OC(=O)N[C@H]1CC[C@H](O)NC1. The van der Waals surface area contributed by atoms with Crippen molar-refractivity contribution in [2.75, 3.05) is 6.54 Å². The van der Waals surface area contributed by atoms with E-state index in [2.05, 4.69) is 10.6 Å². The molecule has 0 bridgehead atoms. The van der Waals surface area contributed by atoms with Crippen molar-refractivity contribution in [1.29, 1.82) is 0 Å². The molecule has 0 saturated carbocycles. The molecule has 0 aromatic heterocycles. The van der Waals surface area contributed by atoms with E-state index in [9.17, 15) is 9.90 Å². The van der Waals surface area contributed by atoms with Crippen LogP contribution in [0.5, 0.6) is 0 Å². The van der Waals surface area contributed by atoms with Gasteiger partial charge in [0.05, 0.1) is 0 Å². The van der Waals surface area contributed by atoms with E-state index >= 15 is 0 Å². The van der Waals surface area contributed by atoms with E-state index in [0.29, 0.717) is 13.0 Å². The molecule has 1 fully saturated rings. The molecule has 5 nitrogen and oxygen atoms in total. The van der Waals surface area contributed by atoms with Gasteiger partial charge in [-0.25, -0.2) is 4.79 Å². The molecule has 1 rings (SSSR count). The average molecular weight is 216 g/mol. The maximum atomic E-state index is 11.4. The number of hydrogen-bond acceptors (Lipinski definition) is 4. The van der Waals surface area contributed by atoms with E-state index in [-0.39, 0.29) is 6.04 Å². The largest absolute Gasteiger partial charge is 0.444 e. The Morgan fingerprint density at radius 2 is 2.13 bits per heavy atom. The van der Waals surface area contributed by atoms with Crippen LogP contribution in [-0.4, -0.2) is 35.6 Å². The molecule has 5 heteroatoms. The topological polar surface area (TPSA) is 70.6 Å². The fourth-order valence-electron chi connectivity index (χ4n) is 1.44. The lowest BCUT2D eigenvalue weighted by molar-refractivity contribution is 0.0449. The number of aliphatic hydroxyl groups is 1. The summed E-state index contributed by atoms with van der Waals surface area (Å²) in [5, 5.41) is 14.8. The zero-order chi connectivity index (χ0) is 11.5. The molecule has 88 valence electrons. The second kappa shape index (κ2) is 4.81. The number of nitrogens with one attached hydrogen (secondary N) is 2. The van der Waals surface area contributed by atoms with Gasteiger partial charge in [0, 0.05) is 12.6 Å². The van der Waals surface area contributed by atoms with Crippen LogP contribution >= 0.6 is 0 Å². The summed E-state index contributed by atoms with van der Waals surface area (Å²) in [5.41, 5.74) is -0.467. The zero-order valence-electron chi connectivity index (χ0n) is 9.54. The predicted octanol–water partition coefficient (Wildman–Crippen LogP) is 0.582. The number of piperidine rings is 1. The van der Waals surface area contributed by atoms with E-state index in [1.54, 1.807) is 0 Å². The van der Waals surface area contributed by atoms with Crippen molar-refractivity contribution in [1.82, 2.24) is 10.6 Å². The van der Waals surface area contributed by atoms with Gasteiger partial charge < -0.3 is 15.2 Å². The Morgan fingerprint density at radius 3 is 2.60 bits per heavy atom. The van der Waals surface area contributed by atoms with E-state index in [1.165, 1.54) is 0 Å². The summed E-state index contributed by atoms with van der Waals surface area (Å²) in [5.74, 6) is 0. The predicted molar refractivity (Wildman–Crippen MR) is 56.4 cm³/mol. The maximum Gasteiger partial charge on any atom is 0.407 e. The Kier molecular flexibility index (Phi) is 3.93. The first-order chi connectivity index (χ1) is 6.87. The van der Waals surface area contributed by atoms with Crippen molar-refractivity contribution in [2.24, 2.45) is 0 Å². The highest BCUT2D eigenvalue weighted by Crippen LogP contribution is 2.09. The van der Waals surface area contributed by atoms with Crippen molar-refractivity contribution < 1.29 is 14.6 Å². The summed E-state index contributed by atoms with van der Waals surface area (Å²) in [6.07, 6.45) is 0.584. The van der Waals surface area contributed by atoms with Crippen LogP contribution in [0.3, 0.4) is 0 Å². The molecular weight excluding hydrogens is 196 g/mol. The summed E-state index contributed by atoms with van der Waals surface area (Å²) in [6.45, 7) is 6.07. The molecule has 0 spiro atoms. The Labute approximate surface area is 90.2 Å². The quantitative estimate of drug-likeness (QED) is 0.599. The smallest absolute Gasteiger partial charge is 0.407 e. The number of amides is 1. The number of carbonyl (C=O) groups is 1. The Morgan fingerprint density at radius 1 is 1.47 bits per heavy atom. The van der Waals surface area contributed by atoms with Crippen LogP contribution in [0.1, 0.15) is 33.6 Å². The number of alkyl carbamates (subject to hydrolysis) is 1. The molecular formula is C10H20N2O3. The molecule has 0 radical (unpaired) electrons. The fraction of sp³-hybridized carbons (Fsp3) is 0.900. The van der Waals surface area contributed by atoms with Crippen molar-refractivity contribution in [3.05, 3.63) is 0 Å². The van der Waals surface area contributed by atoms with Gasteiger partial charge in [0.15, 0.2) is 0 Å². The first kappa shape index (κ1) is 12.3. The number of aliphatic hydroxyl groups excluding tert-OH is 1. The van der Waals surface area contributed by atoms with Crippen LogP contribution in [-0.2, 0) is 4.74 Å². The van der Waals surface area contributed by atoms with Crippen LogP contribution in [0.25, 0.3) is 0 Å². The highest BCUT2D eigenvalue weighted by Gasteiger charge is 2.22. The summed E-state index contributed by atoms with van der Waals surface area (Å²) < 4.78 is 5.13. The molecule has 3 N–H and O–H groups in total. The van der Waals surface area contributed by atoms with Crippen molar-refractivity contribution in [2.45, 2.75) is 51.5 Å². The first-order valence-corrected chi connectivity index (χ1v) is 5.28. The van der Waals surface area contributed by atoms with Gasteiger partial charge in [0.2, 0.25) is 0 Å². The summed E-state index contributed by atoms with van der Waals surface area (Å²) in [6, 6.07) is 0.0447. The summed E-state index contributed by atoms with van der Waals surface area (Å²) in [4.78, 5) is 11.4.